The number of aromatic amines is 1. The molecule has 2 aromatic carbocycles. The van der Waals surface area contributed by atoms with Gasteiger partial charge in [-0.15, -0.1) is 0 Å². The third kappa shape index (κ3) is 3.19. The summed E-state index contributed by atoms with van der Waals surface area (Å²) in [6.07, 6.45) is 1.41. The van der Waals surface area contributed by atoms with Gasteiger partial charge in [0.25, 0.3) is 5.91 Å². The zero-order valence-electron chi connectivity index (χ0n) is 16.2. The summed E-state index contributed by atoms with van der Waals surface area (Å²) in [5, 5.41) is 10.3. The maximum Gasteiger partial charge on any atom is 0.326 e. The lowest BCUT2D eigenvalue weighted by Crippen LogP contribution is -2.40. The van der Waals surface area contributed by atoms with Crippen molar-refractivity contribution in [1.29, 1.82) is 0 Å². The van der Waals surface area contributed by atoms with Crippen LogP contribution >= 0.6 is 0 Å². The molecule has 0 saturated carbocycles. The fraction of sp³-hybridized carbons (Fsp3) is 0.364. The Hall–Kier alpha value is -3.02. The summed E-state index contributed by atoms with van der Waals surface area (Å²) in [6, 6.07) is 13.0. The van der Waals surface area contributed by atoms with Crippen LogP contribution in [-0.2, 0) is 0 Å². The molecule has 0 radical (unpaired) electrons. The number of rotatable bonds is 3. The first-order valence-corrected chi connectivity index (χ1v) is 9.77. The number of piperidine rings is 1. The van der Waals surface area contributed by atoms with Gasteiger partial charge < -0.3 is 15.0 Å². The van der Waals surface area contributed by atoms with Crippen molar-refractivity contribution in [2.24, 2.45) is 0 Å². The van der Waals surface area contributed by atoms with Crippen LogP contribution in [-0.4, -0.2) is 38.6 Å². The Balaban J connectivity index is 1.50. The summed E-state index contributed by atoms with van der Waals surface area (Å²) < 4.78 is 1.81. The molecule has 0 bridgehead atoms. The highest BCUT2D eigenvalue weighted by atomic mass is 16.3. The molecule has 0 unspecified atom stereocenters. The minimum atomic E-state index is -0.155. The highest BCUT2D eigenvalue weighted by molar-refractivity contribution is 5.97. The Morgan fingerprint density at radius 2 is 1.86 bits per heavy atom. The first-order chi connectivity index (χ1) is 13.5. The normalized spacial score (nSPS) is 15.5. The number of H-pyrrole nitrogens is 1. The Morgan fingerprint density at radius 1 is 1.14 bits per heavy atom. The van der Waals surface area contributed by atoms with Gasteiger partial charge in [-0.2, -0.15) is 0 Å². The molecular formula is C22H25N3O3. The topological polar surface area (TPSA) is 78.3 Å². The number of likely N-dealkylation sites (tertiary alicyclic amines) is 1. The molecule has 6 nitrogen and oxygen atoms in total. The molecule has 0 spiro atoms. The number of benzene rings is 2. The summed E-state index contributed by atoms with van der Waals surface area (Å²) in [6.45, 7) is 5.21. The van der Waals surface area contributed by atoms with Gasteiger partial charge in [0.1, 0.15) is 5.75 Å². The summed E-state index contributed by atoms with van der Waals surface area (Å²) in [5.74, 6) is 0.170. The van der Waals surface area contributed by atoms with Crippen LogP contribution in [0.25, 0.3) is 11.0 Å². The van der Waals surface area contributed by atoms with Gasteiger partial charge in [0.15, 0.2) is 0 Å². The van der Waals surface area contributed by atoms with Crippen LogP contribution in [0.2, 0.25) is 0 Å². The lowest BCUT2D eigenvalue weighted by molar-refractivity contribution is 0.0692. The second kappa shape index (κ2) is 7.19. The molecule has 1 fully saturated rings. The molecule has 1 saturated heterocycles. The quantitative estimate of drug-likeness (QED) is 0.729. The van der Waals surface area contributed by atoms with E-state index in [2.05, 4.69) is 4.98 Å². The van der Waals surface area contributed by atoms with Crippen LogP contribution in [0.15, 0.2) is 47.3 Å². The number of phenols is 1. The monoisotopic (exact) mass is 379 g/mol. The first-order valence-electron chi connectivity index (χ1n) is 9.77. The predicted octanol–water partition coefficient (Wildman–Crippen LogP) is 3.64. The van der Waals surface area contributed by atoms with Crippen molar-refractivity contribution in [3.63, 3.8) is 0 Å². The average molecular weight is 379 g/mol. The molecule has 28 heavy (non-hydrogen) atoms. The van der Waals surface area contributed by atoms with Crippen molar-refractivity contribution in [1.82, 2.24) is 14.5 Å². The Bertz CT molecular complexity index is 1070. The van der Waals surface area contributed by atoms with Gasteiger partial charge >= 0.3 is 5.69 Å². The number of hydrogen-bond donors (Lipinski definition) is 2. The largest absolute Gasteiger partial charge is 0.507 e. The number of para-hydroxylation sites is 2. The zero-order valence-corrected chi connectivity index (χ0v) is 16.2. The van der Waals surface area contributed by atoms with Crippen molar-refractivity contribution in [2.45, 2.75) is 38.6 Å². The lowest BCUT2D eigenvalue weighted by atomic mass is 9.99. The van der Waals surface area contributed by atoms with E-state index in [1.54, 1.807) is 17.0 Å². The van der Waals surface area contributed by atoms with Crippen LogP contribution in [0.3, 0.4) is 0 Å². The summed E-state index contributed by atoms with van der Waals surface area (Å²) in [7, 11) is 0. The summed E-state index contributed by atoms with van der Waals surface area (Å²) in [5.41, 5.74) is 2.98. The number of nitrogens with one attached hydrogen (secondary N) is 1. The highest BCUT2D eigenvalue weighted by Gasteiger charge is 2.27. The molecule has 1 aliphatic heterocycles. The number of carbonyl (C=O) groups is 1. The van der Waals surface area contributed by atoms with Gasteiger partial charge in [0.2, 0.25) is 0 Å². The molecule has 146 valence electrons. The molecule has 0 atom stereocenters. The minimum Gasteiger partial charge on any atom is -0.507 e. The number of carbonyl (C=O) groups excluding carboxylic acids is 1. The second-order valence-electron chi connectivity index (χ2n) is 7.77. The number of fused-ring (bicyclic) bond motifs is 1. The maximum atomic E-state index is 12.9. The lowest BCUT2D eigenvalue weighted by Gasteiger charge is -2.32. The van der Waals surface area contributed by atoms with Crippen molar-refractivity contribution >= 4 is 16.9 Å². The van der Waals surface area contributed by atoms with Gasteiger partial charge in [-0.1, -0.05) is 32.0 Å². The second-order valence-corrected chi connectivity index (χ2v) is 7.77. The smallest absolute Gasteiger partial charge is 0.326 e. The fourth-order valence-electron chi connectivity index (χ4n) is 4.02. The van der Waals surface area contributed by atoms with E-state index in [1.165, 1.54) is 0 Å². The van der Waals surface area contributed by atoms with E-state index in [4.69, 9.17) is 0 Å². The molecular weight excluding hydrogens is 354 g/mol. The highest BCUT2D eigenvalue weighted by Crippen LogP contribution is 2.28. The van der Waals surface area contributed by atoms with E-state index in [-0.39, 0.29) is 23.4 Å². The number of imidazole rings is 1. The zero-order chi connectivity index (χ0) is 19.8. The van der Waals surface area contributed by atoms with Crippen molar-refractivity contribution in [2.75, 3.05) is 13.1 Å². The van der Waals surface area contributed by atoms with Gasteiger partial charge in [0, 0.05) is 19.1 Å². The van der Waals surface area contributed by atoms with E-state index >= 15 is 0 Å². The average Bonchev–Trinajstić information content (AvgIpc) is 3.03. The molecule has 1 aliphatic rings. The number of nitrogens with zero attached hydrogens (tertiary/aromatic N) is 2. The Kier molecular flexibility index (Phi) is 4.71. The number of aromatic hydroxyl groups is 1. The van der Waals surface area contributed by atoms with E-state index in [0.717, 1.165) is 16.6 Å². The molecule has 6 heteroatoms. The van der Waals surface area contributed by atoms with E-state index < -0.39 is 0 Å². The molecule has 1 amide bonds. The van der Waals surface area contributed by atoms with Crippen LogP contribution in [0.5, 0.6) is 5.75 Å². The van der Waals surface area contributed by atoms with Crippen molar-refractivity contribution in [3.05, 3.63) is 64.1 Å². The predicted molar refractivity (Wildman–Crippen MR) is 109 cm³/mol. The number of hydrogen-bond acceptors (Lipinski definition) is 3. The van der Waals surface area contributed by atoms with Gasteiger partial charge in [-0.25, -0.2) is 4.79 Å². The molecule has 3 aromatic rings. The molecule has 1 aromatic heterocycles. The maximum absolute atomic E-state index is 12.9. The third-order valence-electron chi connectivity index (χ3n) is 5.66. The van der Waals surface area contributed by atoms with Crippen LogP contribution < -0.4 is 5.69 Å². The SMILES string of the molecule is CC(C)c1ccc(C(=O)N2CCC(n3c(=O)[nH]c4ccccc43)CC2)c(O)c1. The van der Waals surface area contributed by atoms with E-state index in [1.807, 2.05) is 48.7 Å². The van der Waals surface area contributed by atoms with E-state index in [9.17, 15) is 14.7 Å². The Morgan fingerprint density at radius 3 is 2.54 bits per heavy atom. The van der Waals surface area contributed by atoms with Gasteiger partial charge in [0.05, 0.1) is 16.6 Å². The first kappa shape index (κ1) is 18.3. The number of aromatic nitrogens is 2. The number of amides is 1. The van der Waals surface area contributed by atoms with Crippen LogP contribution in [0, 0.1) is 0 Å². The standard InChI is InChI=1S/C22H25N3O3/c1-14(2)15-7-8-17(20(26)13-15)21(27)24-11-9-16(10-12-24)25-19-6-4-3-5-18(19)23-22(25)28/h3-8,13-14,16,26H,9-12H2,1-2H3,(H,23,28). The summed E-state index contributed by atoms with van der Waals surface area (Å²) >= 11 is 0. The molecule has 0 aliphatic carbocycles. The molecule has 4 rings (SSSR count). The van der Waals surface area contributed by atoms with Crippen molar-refractivity contribution in [3.8, 4) is 5.75 Å². The molecule has 2 heterocycles. The van der Waals surface area contributed by atoms with Crippen molar-refractivity contribution < 1.29 is 9.90 Å². The van der Waals surface area contributed by atoms with Crippen LogP contribution in [0.4, 0.5) is 0 Å². The van der Waals surface area contributed by atoms with E-state index in [0.29, 0.717) is 37.4 Å². The fourth-order valence-corrected chi connectivity index (χ4v) is 4.02. The van der Waals surface area contributed by atoms with Gasteiger partial charge in [-0.3, -0.25) is 9.36 Å². The third-order valence-corrected chi connectivity index (χ3v) is 5.66. The van der Waals surface area contributed by atoms with Gasteiger partial charge in [-0.05, 0) is 48.6 Å². The Labute approximate surface area is 163 Å². The summed E-state index contributed by atoms with van der Waals surface area (Å²) in [4.78, 5) is 29.9. The molecule has 2 N–H and O–H groups in total. The number of phenolic OH excluding ortho intramolecular Hbond substituents is 1. The minimum absolute atomic E-state index is 0.0335. The van der Waals surface area contributed by atoms with Crippen LogP contribution in [0.1, 0.15) is 54.6 Å².